The zero-order chi connectivity index (χ0) is 23.1. The summed E-state index contributed by atoms with van der Waals surface area (Å²) in [7, 11) is 0. The van der Waals surface area contributed by atoms with Gasteiger partial charge in [0.15, 0.2) is 0 Å². The molecule has 0 radical (unpaired) electrons. The van der Waals surface area contributed by atoms with Gasteiger partial charge in [0.1, 0.15) is 0 Å². The fraction of sp³-hybridized carbons (Fsp3) is 0.933. The molecule has 4 aliphatic rings. The first-order valence-electron chi connectivity index (χ1n) is 14.2. The molecule has 0 spiro atoms. The Morgan fingerprint density at radius 1 is 0.875 bits per heavy atom. The summed E-state index contributed by atoms with van der Waals surface area (Å²) in [4.78, 5) is 0. The summed E-state index contributed by atoms with van der Waals surface area (Å²) in [6.45, 7) is 12.7. The fourth-order valence-corrected chi connectivity index (χ4v) is 10.2. The number of allylic oxidation sites excluding steroid dienone is 1. The number of rotatable bonds is 7. The molecule has 0 aromatic rings. The topological polar surface area (TPSA) is 20.2 Å². The molecule has 32 heavy (non-hydrogen) atoms. The Hall–Kier alpha value is -0.0100. The smallest absolute Gasteiger partial charge is 0.0574 e. The monoisotopic (exact) mass is 462 g/mol. The zero-order valence-electron chi connectivity index (χ0n) is 21.7. The molecular formula is C30H51ClO. The fourth-order valence-electron chi connectivity index (χ4n) is 10.1. The second kappa shape index (κ2) is 9.93. The maximum atomic E-state index is 10.9. The van der Waals surface area contributed by atoms with Crippen LogP contribution in [0.2, 0.25) is 0 Å². The summed E-state index contributed by atoms with van der Waals surface area (Å²) in [6.07, 6.45) is 18.0. The van der Waals surface area contributed by atoms with Gasteiger partial charge in [0.25, 0.3) is 0 Å². The van der Waals surface area contributed by atoms with Crippen LogP contribution in [0.4, 0.5) is 0 Å². The van der Waals surface area contributed by atoms with Crippen LogP contribution in [0.25, 0.3) is 0 Å². The highest BCUT2D eigenvalue weighted by Crippen LogP contribution is 2.69. The number of hydrogen-bond donors (Lipinski definition) is 1. The van der Waals surface area contributed by atoms with Gasteiger partial charge in [-0.15, -0.1) is 0 Å². The van der Waals surface area contributed by atoms with Crippen LogP contribution < -0.4 is 0 Å². The first kappa shape index (κ1) is 25.1. The third-order valence-corrected chi connectivity index (χ3v) is 11.8. The minimum Gasteiger partial charge on any atom is -0.393 e. The normalized spacial score (nSPS) is 47.3. The first-order chi connectivity index (χ1) is 15.2. The lowest BCUT2D eigenvalue weighted by Gasteiger charge is -2.62. The molecule has 184 valence electrons. The van der Waals surface area contributed by atoms with Crippen LogP contribution in [0.5, 0.6) is 0 Å². The summed E-state index contributed by atoms with van der Waals surface area (Å²) >= 11 is 5.89. The highest BCUT2D eigenvalue weighted by Gasteiger charge is 2.61. The van der Waals surface area contributed by atoms with Crippen molar-refractivity contribution >= 4 is 11.6 Å². The van der Waals surface area contributed by atoms with E-state index in [1.165, 1.54) is 64.2 Å². The van der Waals surface area contributed by atoms with Gasteiger partial charge < -0.3 is 5.11 Å². The molecule has 0 aliphatic heterocycles. The van der Waals surface area contributed by atoms with E-state index in [0.717, 1.165) is 48.3 Å². The Bertz CT molecular complexity index is 657. The van der Waals surface area contributed by atoms with Gasteiger partial charge in [-0.25, -0.2) is 0 Å². The minimum atomic E-state index is -0.131. The van der Waals surface area contributed by atoms with Gasteiger partial charge in [-0.3, -0.25) is 0 Å². The Labute approximate surface area is 204 Å². The molecule has 0 amide bonds. The van der Waals surface area contributed by atoms with Crippen LogP contribution in [-0.2, 0) is 0 Å². The van der Waals surface area contributed by atoms with Gasteiger partial charge in [0.05, 0.1) is 6.10 Å². The maximum Gasteiger partial charge on any atom is 0.0574 e. The van der Waals surface area contributed by atoms with Crippen LogP contribution in [0, 0.1) is 58.2 Å². The Morgan fingerprint density at radius 2 is 1.56 bits per heavy atom. The molecule has 1 nitrogen and oxygen atoms in total. The summed E-state index contributed by atoms with van der Waals surface area (Å²) in [6, 6.07) is 0. The van der Waals surface area contributed by atoms with Crippen molar-refractivity contribution in [1.82, 2.24) is 0 Å². The van der Waals surface area contributed by atoms with E-state index in [0.29, 0.717) is 22.7 Å². The van der Waals surface area contributed by atoms with Crippen molar-refractivity contribution in [3.63, 3.8) is 0 Å². The molecule has 0 bridgehead atoms. The van der Waals surface area contributed by atoms with Crippen LogP contribution in [0.1, 0.15) is 112 Å². The Balaban J connectivity index is 1.48. The van der Waals surface area contributed by atoms with Crippen molar-refractivity contribution in [3.05, 3.63) is 11.6 Å². The van der Waals surface area contributed by atoms with Crippen molar-refractivity contribution in [2.45, 2.75) is 118 Å². The van der Waals surface area contributed by atoms with E-state index in [-0.39, 0.29) is 6.10 Å². The van der Waals surface area contributed by atoms with Gasteiger partial charge in [-0.05, 0) is 116 Å². The average molecular weight is 463 g/mol. The highest BCUT2D eigenvalue weighted by atomic mass is 35.5. The molecule has 0 aromatic carbocycles. The summed E-state index contributed by atoms with van der Waals surface area (Å²) in [5.74, 6) is 6.53. The molecule has 0 heterocycles. The second-order valence-electron chi connectivity index (χ2n) is 13.5. The third kappa shape index (κ3) is 4.36. The number of fused-ring (bicyclic) bond motifs is 5. The van der Waals surface area contributed by atoms with Crippen molar-refractivity contribution in [1.29, 1.82) is 0 Å². The Kier molecular flexibility index (Phi) is 7.78. The predicted octanol–water partition coefficient (Wildman–Crippen LogP) is 8.84. The molecule has 0 aromatic heterocycles. The number of hydrogen-bond acceptors (Lipinski definition) is 1. The van der Waals surface area contributed by atoms with Crippen molar-refractivity contribution < 1.29 is 5.11 Å². The van der Waals surface area contributed by atoms with Gasteiger partial charge in [0, 0.05) is 5.54 Å². The summed E-state index contributed by atoms with van der Waals surface area (Å²) in [5, 5.41) is 10.9. The van der Waals surface area contributed by atoms with Gasteiger partial charge in [-0.1, -0.05) is 71.6 Å². The lowest BCUT2D eigenvalue weighted by atomic mass is 9.43. The van der Waals surface area contributed by atoms with Crippen molar-refractivity contribution in [3.8, 4) is 0 Å². The zero-order valence-corrected chi connectivity index (χ0v) is 22.4. The van der Waals surface area contributed by atoms with Crippen molar-refractivity contribution in [2.24, 2.45) is 58.2 Å². The second-order valence-corrected chi connectivity index (χ2v) is 13.7. The molecule has 4 saturated carbocycles. The molecule has 0 saturated heterocycles. The van der Waals surface area contributed by atoms with Crippen molar-refractivity contribution in [2.75, 3.05) is 0 Å². The molecule has 1 N–H and O–H groups in total. The summed E-state index contributed by atoms with van der Waals surface area (Å²) < 4.78 is 0. The van der Waals surface area contributed by atoms with Gasteiger partial charge in [0.2, 0.25) is 0 Å². The predicted molar refractivity (Wildman–Crippen MR) is 138 cm³/mol. The van der Waals surface area contributed by atoms with Gasteiger partial charge >= 0.3 is 0 Å². The van der Waals surface area contributed by atoms with E-state index in [9.17, 15) is 5.11 Å². The molecule has 10 atom stereocenters. The number of aliphatic hydroxyl groups excluding tert-OH is 1. The molecule has 4 rings (SSSR count). The largest absolute Gasteiger partial charge is 0.393 e. The first-order valence-corrected chi connectivity index (χ1v) is 14.6. The van der Waals surface area contributed by atoms with Crippen LogP contribution in [-0.4, -0.2) is 11.2 Å². The highest BCUT2D eigenvalue weighted by molar-refractivity contribution is 6.25. The lowest BCUT2D eigenvalue weighted by Crippen LogP contribution is -2.56. The van der Waals surface area contributed by atoms with E-state index >= 15 is 0 Å². The van der Waals surface area contributed by atoms with E-state index in [2.05, 4.69) is 40.7 Å². The number of aliphatic hydroxyl groups is 1. The van der Waals surface area contributed by atoms with Crippen LogP contribution in [0.15, 0.2) is 11.6 Å². The average Bonchev–Trinajstić information content (AvgIpc) is 3.10. The van der Waals surface area contributed by atoms with E-state index in [1.54, 1.807) is 5.54 Å². The van der Waals surface area contributed by atoms with Crippen LogP contribution >= 0.6 is 11.6 Å². The third-order valence-electron chi connectivity index (χ3n) is 11.6. The number of halogens is 1. The van der Waals surface area contributed by atoms with Crippen LogP contribution in [0.3, 0.4) is 0 Å². The standard InChI is InChI=1S/C30H51ClO/c1-20(2)8-6-9-21(3)24-13-14-25-22-11-12-26-23(10-7-19-31)28(32)16-18-30(26,5)27(22)15-17-29(24,25)4/h7,19-28,32H,6,8-18H2,1-5H3/b19-7-/t21-,22+,23+,24-,25+,26?,27+,28-,29-,30+/m1/s1. The van der Waals surface area contributed by atoms with E-state index in [4.69, 9.17) is 11.6 Å². The molecule has 1 unspecified atom stereocenters. The molecular weight excluding hydrogens is 412 g/mol. The minimum absolute atomic E-state index is 0.131. The summed E-state index contributed by atoms with van der Waals surface area (Å²) in [5.41, 5.74) is 2.67. The quantitative estimate of drug-likeness (QED) is 0.400. The van der Waals surface area contributed by atoms with E-state index < -0.39 is 0 Å². The maximum absolute atomic E-state index is 10.9. The molecule has 2 heteroatoms. The SMILES string of the molecule is CC(C)CCC[C@@H](C)[C@H]1CC[C@H]2[C@@H]3CCC4[C@H](C/C=C\Cl)[C@H](O)CC[C@]4(C)[C@H]3CC[C@]12C. The molecule has 4 fully saturated rings. The Morgan fingerprint density at radius 3 is 2.28 bits per heavy atom. The molecule has 4 aliphatic carbocycles. The van der Waals surface area contributed by atoms with Gasteiger partial charge in [-0.2, -0.15) is 0 Å². The van der Waals surface area contributed by atoms with E-state index in [1.807, 2.05) is 0 Å². The lowest BCUT2D eigenvalue weighted by molar-refractivity contribution is -0.152.